The topological polar surface area (TPSA) is 54.5 Å². The number of amides is 1. The number of fused-ring (bicyclic) bond motifs is 1. The van der Waals surface area contributed by atoms with E-state index in [2.05, 4.69) is 22.3 Å². The minimum Gasteiger partial charge on any atom is -0.481 e. The van der Waals surface area contributed by atoms with E-state index >= 15 is 0 Å². The first-order valence-electron chi connectivity index (χ1n) is 10.0. The van der Waals surface area contributed by atoms with Crippen LogP contribution in [0.3, 0.4) is 0 Å². The highest BCUT2D eigenvalue weighted by molar-refractivity contribution is 6.30. The van der Waals surface area contributed by atoms with E-state index in [-0.39, 0.29) is 12.5 Å². The molecule has 1 aromatic heterocycles. The number of hydrogen-bond acceptors (Lipinski definition) is 4. The third-order valence-corrected chi connectivity index (χ3v) is 5.30. The summed E-state index contributed by atoms with van der Waals surface area (Å²) in [7, 11) is 0. The molecule has 1 aliphatic rings. The van der Waals surface area contributed by atoms with Crippen molar-refractivity contribution in [3.05, 3.63) is 59.6 Å². The molecule has 0 radical (unpaired) electrons. The van der Waals surface area contributed by atoms with Crippen LogP contribution in [-0.4, -0.2) is 30.6 Å². The summed E-state index contributed by atoms with van der Waals surface area (Å²) in [6, 6.07) is 17.0. The first-order valence-corrected chi connectivity index (χ1v) is 10.4. The number of hydrogen-bond donors (Lipinski definition) is 1. The van der Waals surface area contributed by atoms with Gasteiger partial charge in [0, 0.05) is 29.2 Å². The van der Waals surface area contributed by atoms with E-state index in [4.69, 9.17) is 21.3 Å². The molecule has 0 spiro atoms. The minimum absolute atomic E-state index is 0.0960. The lowest BCUT2D eigenvalue weighted by Gasteiger charge is -2.22. The molecule has 0 saturated carbocycles. The van der Waals surface area contributed by atoms with Gasteiger partial charge in [-0.1, -0.05) is 42.6 Å². The first-order chi connectivity index (χ1) is 14.2. The second-order valence-corrected chi connectivity index (χ2v) is 7.68. The zero-order valence-corrected chi connectivity index (χ0v) is 17.0. The molecular formula is C23H24ClN3O2. The predicted octanol–water partition coefficient (Wildman–Crippen LogP) is 5.29. The molecule has 3 aromatic rings. The summed E-state index contributed by atoms with van der Waals surface area (Å²) in [5, 5.41) is 4.36. The number of carbonyl (C=O) groups is 1. The number of carbonyl (C=O) groups excluding carboxylic acids is 1. The molecule has 1 aliphatic heterocycles. The Morgan fingerprint density at radius 2 is 1.83 bits per heavy atom. The van der Waals surface area contributed by atoms with Gasteiger partial charge in [0.2, 0.25) is 0 Å². The van der Waals surface area contributed by atoms with Crippen LogP contribution < -0.4 is 15.0 Å². The van der Waals surface area contributed by atoms with Gasteiger partial charge in [0.15, 0.2) is 6.61 Å². The first kappa shape index (κ1) is 19.5. The number of pyridine rings is 1. The molecule has 0 bridgehead atoms. The number of para-hydroxylation sites is 1. The van der Waals surface area contributed by atoms with E-state index in [0.29, 0.717) is 16.5 Å². The fraction of sp³-hybridized carbons (Fsp3) is 0.304. The monoisotopic (exact) mass is 409 g/mol. The van der Waals surface area contributed by atoms with Gasteiger partial charge >= 0.3 is 0 Å². The SMILES string of the molecule is O=C(COc1cccc2ccc(N3CCCCCC3)nc12)Nc1cccc(Cl)c1. The van der Waals surface area contributed by atoms with Crippen LogP contribution in [-0.2, 0) is 4.79 Å². The standard InChI is InChI=1S/C23H24ClN3O2/c24-18-8-6-9-19(15-18)25-22(28)16-29-20-10-5-7-17-11-12-21(26-23(17)20)27-13-3-1-2-4-14-27/h5-12,15H,1-4,13-14,16H2,(H,25,28). The smallest absolute Gasteiger partial charge is 0.262 e. The highest BCUT2D eigenvalue weighted by Gasteiger charge is 2.13. The lowest BCUT2D eigenvalue weighted by molar-refractivity contribution is -0.118. The highest BCUT2D eigenvalue weighted by atomic mass is 35.5. The van der Waals surface area contributed by atoms with Gasteiger partial charge in [-0.2, -0.15) is 0 Å². The Balaban J connectivity index is 1.49. The second kappa shape index (κ2) is 9.14. The molecule has 1 saturated heterocycles. The molecule has 2 heterocycles. The normalized spacial score (nSPS) is 14.4. The molecule has 4 rings (SSSR count). The van der Waals surface area contributed by atoms with Crippen molar-refractivity contribution in [3.8, 4) is 5.75 Å². The van der Waals surface area contributed by atoms with Crippen molar-refractivity contribution in [2.45, 2.75) is 25.7 Å². The van der Waals surface area contributed by atoms with E-state index in [9.17, 15) is 4.79 Å². The Labute approximate surface area is 175 Å². The maximum absolute atomic E-state index is 12.3. The van der Waals surface area contributed by atoms with Crippen molar-refractivity contribution >= 4 is 39.9 Å². The summed E-state index contributed by atoms with van der Waals surface area (Å²) >= 11 is 5.96. The molecule has 2 aromatic carbocycles. The van der Waals surface area contributed by atoms with Gasteiger partial charge in [-0.15, -0.1) is 0 Å². The molecule has 1 amide bonds. The lowest BCUT2D eigenvalue weighted by atomic mass is 10.2. The summed E-state index contributed by atoms with van der Waals surface area (Å²) in [5.74, 6) is 1.34. The zero-order valence-electron chi connectivity index (χ0n) is 16.2. The number of aromatic nitrogens is 1. The molecule has 0 unspecified atom stereocenters. The quantitative estimate of drug-likeness (QED) is 0.622. The average molecular weight is 410 g/mol. The fourth-order valence-corrected chi connectivity index (χ4v) is 3.80. The van der Waals surface area contributed by atoms with Crippen LogP contribution in [0.2, 0.25) is 5.02 Å². The number of anilines is 2. The molecule has 1 N–H and O–H groups in total. The largest absolute Gasteiger partial charge is 0.481 e. The molecule has 0 atom stereocenters. The van der Waals surface area contributed by atoms with Crippen molar-refractivity contribution < 1.29 is 9.53 Å². The third kappa shape index (κ3) is 4.98. The van der Waals surface area contributed by atoms with Crippen molar-refractivity contribution in [2.75, 3.05) is 29.9 Å². The summed E-state index contributed by atoms with van der Waals surface area (Å²) in [6.07, 6.45) is 4.95. The van der Waals surface area contributed by atoms with Crippen LogP contribution in [0.4, 0.5) is 11.5 Å². The van der Waals surface area contributed by atoms with Gasteiger partial charge in [0.25, 0.3) is 5.91 Å². The second-order valence-electron chi connectivity index (χ2n) is 7.25. The Hall–Kier alpha value is -2.79. The van der Waals surface area contributed by atoms with E-state index in [0.717, 1.165) is 29.8 Å². The van der Waals surface area contributed by atoms with Crippen LogP contribution in [0.15, 0.2) is 54.6 Å². The third-order valence-electron chi connectivity index (χ3n) is 5.07. The Bertz CT molecular complexity index is 1000. The molecule has 0 aliphatic carbocycles. The van der Waals surface area contributed by atoms with Gasteiger partial charge in [0.1, 0.15) is 17.1 Å². The van der Waals surface area contributed by atoms with E-state index in [1.807, 2.05) is 18.2 Å². The number of nitrogens with zero attached hydrogens (tertiary/aromatic N) is 2. The average Bonchev–Trinajstić information content (AvgIpc) is 3.01. The molecule has 29 heavy (non-hydrogen) atoms. The number of halogens is 1. The molecular weight excluding hydrogens is 386 g/mol. The Morgan fingerprint density at radius 3 is 2.62 bits per heavy atom. The van der Waals surface area contributed by atoms with Crippen LogP contribution >= 0.6 is 11.6 Å². The number of rotatable bonds is 5. The summed E-state index contributed by atoms with van der Waals surface area (Å²) in [6.45, 7) is 1.97. The van der Waals surface area contributed by atoms with Gasteiger partial charge < -0.3 is 15.0 Å². The van der Waals surface area contributed by atoms with Crippen molar-refractivity contribution in [3.63, 3.8) is 0 Å². The number of benzene rings is 2. The fourth-order valence-electron chi connectivity index (χ4n) is 3.61. The van der Waals surface area contributed by atoms with Crippen molar-refractivity contribution in [2.24, 2.45) is 0 Å². The van der Waals surface area contributed by atoms with Crippen molar-refractivity contribution in [1.82, 2.24) is 4.98 Å². The molecule has 6 heteroatoms. The maximum Gasteiger partial charge on any atom is 0.262 e. The number of ether oxygens (including phenoxy) is 1. The highest BCUT2D eigenvalue weighted by Crippen LogP contribution is 2.27. The maximum atomic E-state index is 12.3. The van der Waals surface area contributed by atoms with E-state index in [1.165, 1.54) is 25.7 Å². The van der Waals surface area contributed by atoms with Crippen LogP contribution in [0, 0.1) is 0 Å². The summed E-state index contributed by atoms with van der Waals surface area (Å²) < 4.78 is 5.82. The Morgan fingerprint density at radius 1 is 1.03 bits per heavy atom. The number of nitrogens with one attached hydrogen (secondary N) is 1. The van der Waals surface area contributed by atoms with E-state index < -0.39 is 0 Å². The lowest BCUT2D eigenvalue weighted by Crippen LogP contribution is -2.24. The van der Waals surface area contributed by atoms with Crippen molar-refractivity contribution in [1.29, 1.82) is 0 Å². The molecule has 1 fully saturated rings. The molecule has 5 nitrogen and oxygen atoms in total. The van der Waals surface area contributed by atoms with Crippen LogP contribution in [0.1, 0.15) is 25.7 Å². The zero-order chi connectivity index (χ0) is 20.1. The van der Waals surface area contributed by atoms with Gasteiger partial charge in [-0.3, -0.25) is 4.79 Å². The minimum atomic E-state index is -0.243. The van der Waals surface area contributed by atoms with Gasteiger partial charge in [0.05, 0.1) is 0 Å². The van der Waals surface area contributed by atoms with E-state index in [1.54, 1.807) is 24.3 Å². The van der Waals surface area contributed by atoms with Crippen LogP contribution in [0.5, 0.6) is 5.75 Å². The summed E-state index contributed by atoms with van der Waals surface area (Å²) in [5.41, 5.74) is 1.43. The Kier molecular flexibility index (Phi) is 6.15. The van der Waals surface area contributed by atoms with Gasteiger partial charge in [-0.25, -0.2) is 4.98 Å². The predicted molar refractivity (Wildman–Crippen MR) is 118 cm³/mol. The van der Waals surface area contributed by atoms with Gasteiger partial charge in [-0.05, 0) is 49.2 Å². The summed E-state index contributed by atoms with van der Waals surface area (Å²) in [4.78, 5) is 19.5. The van der Waals surface area contributed by atoms with Crippen LogP contribution in [0.25, 0.3) is 10.9 Å². The molecule has 150 valence electrons.